The van der Waals surface area contributed by atoms with E-state index < -0.39 is 0 Å². The van der Waals surface area contributed by atoms with E-state index in [1.54, 1.807) is 24.3 Å². The number of nitrogens with two attached hydrogens (primary N) is 1. The molecule has 3 nitrogen and oxygen atoms in total. The van der Waals surface area contributed by atoms with E-state index in [4.69, 9.17) is 17.3 Å². The second-order valence-electron chi connectivity index (χ2n) is 3.03. The Kier molecular flexibility index (Phi) is 2.47. The van der Waals surface area contributed by atoms with Crippen molar-refractivity contribution in [2.75, 3.05) is 5.73 Å². The van der Waals surface area contributed by atoms with E-state index >= 15 is 0 Å². The molecule has 1 aromatic heterocycles. The Morgan fingerprint density at radius 2 is 2.07 bits per heavy atom. The van der Waals surface area contributed by atoms with Crippen molar-refractivity contribution < 1.29 is 4.73 Å². The van der Waals surface area contributed by atoms with Gasteiger partial charge >= 0.3 is 0 Å². The molecule has 0 atom stereocenters. The Labute approximate surface area is 92.3 Å². The van der Waals surface area contributed by atoms with Crippen LogP contribution in [0.4, 0.5) is 5.69 Å². The number of anilines is 1. The van der Waals surface area contributed by atoms with Crippen LogP contribution in [0.2, 0.25) is 5.02 Å². The first-order valence-electron chi connectivity index (χ1n) is 4.34. The predicted molar refractivity (Wildman–Crippen MR) is 59.1 cm³/mol. The molecule has 2 rings (SSSR count). The standard InChI is InChI=1S/C11H8ClN2O/c12-9-5-2-1-4-8(9)11-10(13)6-3-7-14(11)15/h1-5,7H,13H2. The lowest BCUT2D eigenvalue weighted by Crippen LogP contribution is -2.29. The van der Waals surface area contributed by atoms with Gasteiger partial charge in [0.25, 0.3) is 0 Å². The fourth-order valence-corrected chi connectivity index (χ4v) is 1.60. The van der Waals surface area contributed by atoms with Crippen LogP contribution in [0.15, 0.2) is 36.5 Å². The van der Waals surface area contributed by atoms with Crippen LogP contribution in [0, 0.1) is 11.3 Å². The summed E-state index contributed by atoms with van der Waals surface area (Å²) >= 11 is 5.98. The highest BCUT2D eigenvalue weighted by Gasteiger charge is 2.15. The minimum Gasteiger partial charge on any atom is -0.618 e. The zero-order valence-corrected chi connectivity index (χ0v) is 8.53. The van der Waals surface area contributed by atoms with Crippen LogP contribution in [0.5, 0.6) is 0 Å². The summed E-state index contributed by atoms with van der Waals surface area (Å²) in [5.41, 5.74) is 6.93. The molecule has 0 aliphatic rings. The van der Waals surface area contributed by atoms with Gasteiger partial charge in [-0.15, -0.1) is 0 Å². The molecule has 0 amide bonds. The number of nitrogens with zero attached hydrogens (tertiary/aromatic N) is 1. The lowest BCUT2D eigenvalue weighted by atomic mass is 10.1. The van der Waals surface area contributed by atoms with Crippen LogP contribution in [0.3, 0.4) is 0 Å². The number of hydrogen-bond donors (Lipinski definition) is 1. The highest BCUT2D eigenvalue weighted by atomic mass is 35.5. The number of pyridine rings is 1. The largest absolute Gasteiger partial charge is 0.618 e. The maximum atomic E-state index is 11.6. The van der Waals surface area contributed by atoms with Crippen LogP contribution in [-0.4, -0.2) is 0 Å². The number of nitrogen functional groups attached to an aromatic ring is 1. The Bertz CT molecular complexity index is 479. The number of aromatic nitrogens is 1. The molecule has 2 N–H and O–H groups in total. The topological polar surface area (TPSA) is 53.0 Å². The van der Waals surface area contributed by atoms with Crippen molar-refractivity contribution >= 4 is 17.3 Å². The minimum atomic E-state index is 0.292. The third-order valence-electron chi connectivity index (χ3n) is 2.05. The Balaban J connectivity index is 2.69. The quantitative estimate of drug-likeness (QED) is 0.589. The Morgan fingerprint density at radius 1 is 1.33 bits per heavy atom. The fraction of sp³-hybridized carbons (Fsp3) is 0. The van der Waals surface area contributed by atoms with E-state index in [-0.39, 0.29) is 0 Å². The van der Waals surface area contributed by atoms with Gasteiger partial charge in [0, 0.05) is 12.1 Å². The maximum Gasteiger partial charge on any atom is 0.249 e. The third kappa shape index (κ3) is 1.74. The fourth-order valence-electron chi connectivity index (χ4n) is 1.37. The van der Waals surface area contributed by atoms with E-state index in [0.29, 0.717) is 26.7 Å². The summed E-state index contributed by atoms with van der Waals surface area (Å²) in [5, 5.41) is 12.0. The van der Waals surface area contributed by atoms with Gasteiger partial charge in [0.05, 0.1) is 10.6 Å². The summed E-state index contributed by atoms with van der Waals surface area (Å²) in [7, 11) is 0. The van der Waals surface area contributed by atoms with Crippen molar-refractivity contribution in [1.29, 1.82) is 0 Å². The van der Waals surface area contributed by atoms with Crippen molar-refractivity contribution in [3.8, 4) is 11.3 Å². The summed E-state index contributed by atoms with van der Waals surface area (Å²) in [4.78, 5) is 0. The summed E-state index contributed by atoms with van der Waals surface area (Å²) in [6.07, 6.45) is 1.34. The average molecular weight is 220 g/mol. The van der Waals surface area contributed by atoms with Gasteiger partial charge in [-0.25, -0.2) is 0 Å². The lowest BCUT2D eigenvalue weighted by molar-refractivity contribution is -0.593. The van der Waals surface area contributed by atoms with Crippen LogP contribution in [-0.2, 0) is 0 Å². The zero-order chi connectivity index (χ0) is 10.8. The highest BCUT2D eigenvalue weighted by molar-refractivity contribution is 6.33. The van der Waals surface area contributed by atoms with Gasteiger partial charge in [0.15, 0.2) is 6.20 Å². The number of rotatable bonds is 1. The molecule has 4 heteroatoms. The smallest absolute Gasteiger partial charge is 0.249 e. The van der Waals surface area contributed by atoms with Crippen LogP contribution in [0.1, 0.15) is 0 Å². The summed E-state index contributed by atoms with van der Waals surface area (Å²) in [6, 6.07) is 11.3. The van der Waals surface area contributed by atoms with Gasteiger partial charge in [0.1, 0.15) is 5.69 Å². The molecular weight excluding hydrogens is 212 g/mol. The lowest BCUT2D eigenvalue weighted by Gasteiger charge is -2.07. The molecule has 15 heavy (non-hydrogen) atoms. The normalized spacial score (nSPS) is 10.2. The summed E-state index contributed by atoms with van der Waals surface area (Å²) in [6.45, 7) is 0. The second-order valence-corrected chi connectivity index (χ2v) is 3.44. The number of hydrogen-bond acceptors (Lipinski definition) is 2. The number of halogens is 1. The molecule has 2 aromatic rings. The van der Waals surface area contributed by atoms with Gasteiger partial charge in [0.2, 0.25) is 5.69 Å². The molecule has 0 saturated carbocycles. The highest BCUT2D eigenvalue weighted by Crippen LogP contribution is 2.28. The summed E-state index contributed by atoms with van der Waals surface area (Å²) < 4.78 is 0.688. The summed E-state index contributed by atoms with van der Waals surface area (Å²) in [5.74, 6) is 0. The van der Waals surface area contributed by atoms with E-state index in [1.807, 2.05) is 0 Å². The van der Waals surface area contributed by atoms with E-state index in [1.165, 1.54) is 12.3 Å². The van der Waals surface area contributed by atoms with Crippen molar-refractivity contribution in [1.82, 2.24) is 0 Å². The van der Waals surface area contributed by atoms with Gasteiger partial charge in [-0.05, 0) is 12.1 Å². The van der Waals surface area contributed by atoms with Crippen molar-refractivity contribution in [3.63, 3.8) is 0 Å². The predicted octanol–water partition coefficient (Wildman–Crippen LogP) is 2.02. The zero-order valence-electron chi connectivity index (χ0n) is 7.77. The van der Waals surface area contributed by atoms with Gasteiger partial charge in [-0.3, -0.25) is 0 Å². The van der Waals surface area contributed by atoms with Crippen LogP contribution >= 0.6 is 11.6 Å². The molecule has 1 radical (unpaired) electrons. The first-order valence-corrected chi connectivity index (χ1v) is 4.72. The maximum absolute atomic E-state index is 11.6. The minimum absolute atomic E-state index is 0.292. The first kappa shape index (κ1) is 9.80. The molecule has 0 bridgehead atoms. The molecule has 0 aliphatic heterocycles. The average Bonchev–Trinajstić information content (AvgIpc) is 2.20. The Hall–Kier alpha value is -1.74. The SMILES string of the molecule is Nc1[c]cc[n+]([O-])c1-c1ccccc1Cl. The van der Waals surface area contributed by atoms with Crippen molar-refractivity contribution in [2.45, 2.75) is 0 Å². The van der Waals surface area contributed by atoms with Crippen LogP contribution in [0.25, 0.3) is 11.3 Å². The molecule has 1 heterocycles. The molecule has 0 fully saturated rings. The monoisotopic (exact) mass is 219 g/mol. The third-order valence-corrected chi connectivity index (χ3v) is 2.38. The molecule has 0 saturated heterocycles. The molecule has 1 aromatic carbocycles. The van der Waals surface area contributed by atoms with E-state index in [2.05, 4.69) is 6.07 Å². The van der Waals surface area contributed by atoms with E-state index in [0.717, 1.165) is 0 Å². The van der Waals surface area contributed by atoms with Gasteiger partial charge in [-0.2, -0.15) is 4.73 Å². The van der Waals surface area contributed by atoms with Crippen LogP contribution < -0.4 is 10.5 Å². The van der Waals surface area contributed by atoms with Gasteiger partial charge < -0.3 is 10.9 Å². The van der Waals surface area contributed by atoms with Crippen molar-refractivity contribution in [2.24, 2.45) is 0 Å². The first-order chi connectivity index (χ1) is 7.20. The molecule has 0 unspecified atom stereocenters. The van der Waals surface area contributed by atoms with Gasteiger partial charge in [-0.1, -0.05) is 23.7 Å². The van der Waals surface area contributed by atoms with Crippen molar-refractivity contribution in [3.05, 3.63) is 52.8 Å². The molecule has 0 aliphatic carbocycles. The second kappa shape index (κ2) is 3.79. The number of benzene rings is 1. The molecule has 75 valence electrons. The Morgan fingerprint density at radius 3 is 2.73 bits per heavy atom. The van der Waals surface area contributed by atoms with E-state index in [9.17, 15) is 5.21 Å². The molecular formula is C11H8ClN2O. The molecule has 0 spiro atoms.